The van der Waals surface area contributed by atoms with E-state index in [1.807, 2.05) is 84.9 Å². The molecule has 7 nitrogen and oxygen atoms in total. The number of anilines is 3. The zero-order chi connectivity index (χ0) is 23.8. The van der Waals surface area contributed by atoms with Crippen molar-refractivity contribution in [2.75, 3.05) is 4.90 Å². The van der Waals surface area contributed by atoms with Gasteiger partial charge in [-0.3, -0.25) is 9.81 Å². The van der Waals surface area contributed by atoms with Crippen LogP contribution in [0.5, 0.6) is 11.5 Å². The van der Waals surface area contributed by atoms with Crippen LogP contribution in [-0.2, 0) is 0 Å². The maximum Gasteiger partial charge on any atom is 0.233 e. The Morgan fingerprint density at radius 2 is 1.53 bits per heavy atom. The minimum absolute atomic E-state index is 0.0791. The highest BCUT2D eigenvalue weighted by Crippen LogP contribution is 2.51. The molecule has 3 aromatic heterocycles. The molecule has 7 aromatic rings. The molecule has 0 saturated heterocycles. The lowest BCUT2D eigenvalue weighted by Crippen LogP contribution is -2.16. The molecule has 8 rings (SSSR count). The molecule has 0 amide bonds. The molecule has 0 spiro atoms. The van der Waals surface area contributed by atoms with E-state index in [0.29, 0.717) is 16.9 Å². The van der Waals surface area contributed by atoms with Crippen LogP contribution >= 0.6 is 0 Å². The predicted octanol–water partition coefficient (Wildman–Crippen LogP) is 6.84. The molecule has 1 N–H and O–H groups in total. The van der Waals surface area contributed by atoms with Crippen molar-refractivity contribution in [1.82, 2.24) is 14.4 Å². The summed E-state index contributed by atoms with van der Waals surface area (Å²) in [6.07, 6.45) is 0. The SMILES string of the molecule is N=c1nc2oc3cc4c(cc3cc2c2nc3ccccc3n12)Oc1ccccc1N4c1ccccc1. The summed E-state index contributed by atoms with van der Waals surface area (Å²) in [5.41, 5.74) is 6.24. The quantitative estimate of drug-likeness (QED) is 0.268. The Kier molecular flexibility index (Phi) is 3.69. The first kappa shape index (κ1) is 19.2. The zero-order valence-electron chi connectivity index (χ0n) is 18.8. The van der Waals surface area contributed by atoms with Gasteiger partial charge >= 0.3 is 0 Å². The van der Waals surface area contributed by atoms with E-state index < -0.39 is 0 Å². The van der Waals surface area contributed by atoms with E-state index in [1.165, 1.54) is 0 Å². The number of fused-ring (bicyclic) bond motifs is 8. The van der Waals surface area contributed by atoms with Crippen molar-refractivity contribution < 1.29 is 9.15 Å². The van der Waals surface area contributed by atoms with Crippen LogP contribution in [0.1, 0.15) is 0 Å². The fourth-order valence-electron chi connectivity index (χ4n) is 5.04. The first-order valence-electron chi connectivity index (χ1n) is 11.6. The van der Waals surface area contributed by atoms with Gasteiger partial charge in [0.05, 0.1) is 27.8 Å². The topological polar surface area (TPSA) is 79.7 Å². The monoisotopic (exact) mass is 467 g/mol. The number of aromatic nitrogens is 3. The number of ether oxygens (including phenoxy) is 1. The zero-order valence-corrected chi connectivity index (χ0v) is 18.8. The molecule has 0 aliphatic carbocycles. The van der Waals surface area contributed by atoms with Crippen LogP contribution in [0.2, 0.25) is 0 Å². The van der Waals surface area contributed by atoms with E-state index >= 15 is 0 Å². The average molecular weight is 467 g/mol. The second-order valence-corrected chi connectivity index (χ2v) is 8.76. The summed E-state index contributed by atoms with van der Waals surface area (Å²) in [6, 6.07) is 31.9. The fraction of sp³-hybridized carbons (Fsp3) is 0. The second kappa shape index (κ2) is 6.93. The number of benzene rings is 4. The number of imidazole rings is 1. The molecule has 0 unspecified atom stereocenters. The Bertz CT molecular complexity index is 2060. The summed E-state index contributed by atoms with van der Waals surface area (Å²) in [5.74, 6) is 1.52. The van der Waals surface area contributed by atoms with Gasteiger partial charge in [0.25, 0.3) is 0 Å². The van der Waals surface area contributed by atoms with Crippen LogP contribution in [0.3, 0.4) is 0 Å². The molecule has 1 aliphatic heterocycles. The third-order valence-corrected chi connectivity index (χ3v) is 6.63. The Balaban J connectivity index is 1.43. The Labute approximate surface area is 204 Å². The summed E-state index contributed by atoms with van der Waals surface area (Å²) < 4.78 is 14.4. The van der Waals surface area contributed by atoms with Gasteiger partial charge in [0.1, 0.15) is 5.58 Å². The molecule has 0 fully saturated rings. The Morgan fingerprint density at radius 1 is 0.722 bits per heavy atom. The van der Waals surface area contributed by atoms with Crippen molar-refractivity contribution in [3.8, 4) is 11.5 Å². The van der Waals surface area contributed by atoms with Gasteiger partial charge in [0.15, 0.2) is 17.1 Å². The van der Waals surface area contributed by atoms with Crippen LogP contribution in [0.25, 0.3) is 38.7 Å². The van der Waals surface area contributed by atoms with Crippen LogP contribution in [0.15, 0.2) is 101 Å². The van der Waals surface area contributed by atoms with E-state index in [-0.39, 0.29) is 5.62 Å². The summed E-state index contributed by atoms with van der Waals surface area (Å²) in [5, 5.41) is 10.2. The number of para-hydroxylation sites is 5. The van der Waals surface area contributed by atoms with Crippen LogP contribution in [0.4, 0.5) is 17.1 Å². The smallest absolute Gasteiger partial charge is 0.233 e. The van der Waals surface area contributed by atoms with E-state index in [9.17, 15) is 0 Å². The van der Waals surface area contributed by atoms with Crippen molar-refractivity contribution in [2.24, 2.45) is 0 Å². The van der Waals surface area contributed by atoms with Gasteiger partial charge < -0.3 is 14.1 Å². The molecule has 0 saturated carbocycles. The van der Waals surface area contributed by atoms with Crippen molar-refractivity contribution in [3.63, 3.8) is 0 Å². The number of nitrogens with one attached hydrogen (secondary N) is 1. The molecule has 36 heavy (non-hydrogen) atoms. The molecule has 0 atom stereocenters. The van der Waals surface area contributed by atoms with Gasteiger partial charge in [0.2, 0.25) is 11.3 Å². The van der Waals surface area contributed by atoms with E-state index in [1.54, 1.807) is 4.40 Å². The van der Waals surface area contributed by atoms with Crippen LogP contribution < -0.4 is 15.3 Å². The van der Waals surface area contributed by atoms with Gasteiger partial charge in [-0.15, -0.1) is 0 Å². The molecule has 4 aromatic carbocycles. The van der Waals surface area contributed by atoms with Crippen molar-refractivity contribution in [2.45, 2.75) is 0 Å². The molecule has 0 radical (unpaired) electrons. The Morgan fingerprint density at radius 3 is 2.44 bits per heavy atom. The molecule has 4 heterocycles. The minimum atomic E-state index is 0.0791. The maximum absolute atomic E-state index is 8.55. The lowest BCUT2D eigenvalue weighted by atomic mass is 10.1. The minimum Gasteiger partial charge on any atom is -0.453 e. The normalized spacial score (nSPS) is 12.7. The third-order valence-electron chi connectivity index (χ3n) is 6.63. The highest BCUT2D eigenvalue weighted by atomic mass is 16.5. The third kappa shape index (κ3) is 2.59. The van der Waals surface area contributed by atoms with Crippen LogP contribution in [-0.4, -0.2) is 14.4 Å². The van der Waals surface area contributed by atoms with Gasteiger partial charge in [-0.1, -0.05) is 42.5 Å². The highest BCUT2D eigenvalue weighted by molar-refractivity contribution is 6.01. The van der Waals surface area contributed by atoms with E-state index in [0.717, 1.165) is 50.4 Å². The molecule has 1 aliphatic rings. The van der Waals surface area contributed by atoms with Gasteiger partial charge in [0, 0.05) is 17.1 Å². The van der Waals surface area contributed by atoms with Gasteiger partial charge in [-0.25, -0.2) is 4.98 Å². The predicted molar refractivity (Wildman–Crippen MR) is 138 cm³/mol. The summed E-state index contributed by atoms with van der Waals surface area (Å²) in [6.45, 7) is 0. The standard InChI is InChI=1S/C29H17N5O2/c30-29-32-28-19(27-31-20-10-4-5-11-21(20)34(27)29)14-17-15-26-23(16-25(17)36-28)33(18-8-2-1-3-9-18)22-12-6-7-13-24(22)35-26/h1-16,30H. The van der Waals surface area contributed by atoms with E-state index in [2.05, 4.69) is 22.0 Å². The average Bonchev–Trinajstić information content (AvgIpc) is 3.31. The number of nitrogens with zero attached hydrogens (tertiary/aromatic N) is 4. The summed E-state index contributed by atoms with van der Waals surface area (Å²) in [4.78, 5) is 11.4. The molecular formula is C29H17N5O2. The number of hydrogen-bond acceptors (Lipinski definition) is 6. The van der Waals surface area contributed by atoms with Crippen molar-refractivity contribution in [3.05, 3.63) is 103 Å². The second-order valence-electron chi connectivity index (χ2n) is 8.76. The highest BCUT2D eigenvalue weighted by Gasteiger charge is 2.27. The van der Waals surface area contributed by atoms with Crippen LogP contribution in [0, 0.1) is 5.41 Å². The maximum atomic E-state index is 8.55. The van der Waals surface area contributed by atoms with Crippen molar-refractivity contribution in [1.29, 1.82) is 5.41 Å². The first-order chi connectivity index (χ1) is 17.7. The fourth-order valence-corrected chi connectivity index (χ4v) is 5.04. The van der Waals surface area contributed by atoms with Gasteiger partial charge in [-0.05, 0) is 48.5 Å². The van der Waals surface area contributed by atoms with Crippen molar-refractivity contribution >= 4 is 55.8 Å². The lowest BCUT2D eigenvalue weighted by molar-refractivity contribution is 0.477. The summed E-state index contributed by atoms with van der Waals surface area (Å²) >= 11 is 0. The first-order valence-corrected chi connectivity index (χ1v) is 11.6. The largest absolute Gasteiger partial charge is 0.453 e. The van der Waals surface area contributed by atoms with E-state index in [4.69, 9.17) is 19.5 Å². The summed E-state index contributed by atoms with van der Waals surface area (Å²) in [7, 11) is 0. The molecule has 0 bridgehead atoms. The molecular weight excluding hydrogens is 450 g/mol. The lowest BCUT2D eigenvalue weighted by Gasteiger charge is -2.32. The molecule has 7 heteroatoms. The number of rotatable bonds is 1. The Hall–Kier alpha value is -5.17. The van der Waals surface area contributed by atoms with Gasteiger partial charge in [-0.2, -0.15) is 4.98 Å². The number of hydrogen-bond donors (Lipinski definition) is 1. The molecule has 170 valence electrons.